The number of hydrogen-bond acceptors (Lipinski definition) is 3. The number of benzene rings is 1. The van der Waals surface area contributed by atoms with Crippen LogP contribution >= 0.6 is 15.9 Å². The molecule has 1 atom stereocenters. The van der Waals surface area contributed by atoms with Crippen LogP contribution in [0, 0.1) is 5.92 Å². The van der Waals surface area contributed by atoms with Gasteiger partial charge < -0.3 is 10.1 Å². The Morgan fingerprint density at radius 3 is 2.47 bits per heavy atom. The number of carbonyl (C=O) groups excluding carboxylic acids is 2. The predicted octanol–water partition coefficient (Wildman–Crippen LogP) is 2.77. The van der Waals surface area contributed by atoms with Crippen LogP contribution < -0.4 is 5.32 Å². The topological polar surface area (TPSA) is 55.4 Å². The number of esters is 1. The highest BCUT2D eigenvalue weighted by atomic mass is 79.9. The van der Waals surface area contributed by atoms with Gasteiger partial charge in [0, 0.05) is 4.47 Å². The van der Waals surface area contributed by atoms with Crippen LogP contribution in [0.2, 0.25) is 0 Å². The zero-order chi connectivity index (χ0) is 14.4. The van der Waals surface area contributed by atoms with Gasteiger partial charge in [0.2, 0.25) is 0 Å². The van der Waals surface area contributed by atoms with E-state index in [4.69, 9.17) is 4.74 Å². The van der Waals surface area contributed by atoms with E-state index in [2.05, 4.69) is 21.2 Å². The average molecular weight is 328 g/mol. The minimum Gasteiger partial charge on any atom is -0.467 e. The van der Waals surface area contributed by atoms with Crippen LogP contribution in [-0.4, -0.2) is 25.0 Å². The van der Waals surface area contributed by atoms with Gasteiger partial charge in [0.1, 0.15) is 6.04 Å². The van der Waals surface area contributed by atoms with Crippen molar-refractivity contribution in [1.29, 1.82) is 0 Å². The highest BCUT2D eigenvalue weighted by Gasteiger charge is 2.23. The standard InChI is InChI=1S/C14H18BrNO3/c1-9(2)8-12(14(18)19-3)16-13(17)10-6-4-5-7-11(10)15/h4-7,9,12H,8H2,1-3H3,(H,16,17)/t12-/m1/s1. The lowest BCUT2D eigenvalue weighted by atomic mass is 10.0. The first kappa shape index (κ1) is 15.7. The number of carbonyl (C=O) groups is 2. The van der Waals surface area contributed by atoms with Crippen molar-refractivity contribution in [1.82, 2.24) is 5.32 Å². The number of amides is 1. The molecule has 1 N–H and O–H groups in total. The van der Waals surface area contributed by atoms with E-state index in [1.54, 1.807) is 18.2 Å². The minimum atomic E-state index is -0.621. The minimum absolute atomic E-state index is 0.281. The number of halogens is 1. The molecule has 1 amide bonds. The molecule has 104 valence electrons. The van der Waals surface area contributed by atoms with Crippen molar-refractivity contribution < 1.29 is 14.3 Å². The van der Waals surface area contributed by atoms with E-state index in [1.165, 1.54) is 7.11 Å². The average Bonchev–Trinajstić information content (AvgIpc) is 2.36. The number of hydrogen-bond donors (Lipinski definition) is 1. The molecule has 1 rings (SSSR count). The molecular formula is C14H18BrNO3. The Morgan fingerprint density at radius 2 is 1.95 bits per heavy atom. The van der Waals surface area contributed by atoms with Gasteiger partial charge in [0.05, 0.1) is 12.7 Å². The monoisotopic (exact) mass is 327 g/mol. The Balaban J connectivity index is 2.82. The lowest BCUT2D eigenvalue weighted by Crippen LogP contribution is -2.42. The van der Waals surface area contributed by atoms with Gasteiger partial charge in [-0.1, -0.05) is 26.0 Å². The van der Waals surface area contributed by atoms with Gasteiger partial charge in [0.15, 0.2) is 0 Å². The van der Waals surface area contributed by atoms with E-state index in [0.717, 1.165) is 0 Å². The Bertz CT molecular complexity index is 460. The zero-order valence-corrected chi connectivity index (χ0v) is 12.9. The molecule has 0 saturated carbocycles. The Hall–Kier alpha value is -1.36. The Morgan fingerprint density at radius 1 is 1.32 bits per heavy atom. The summed E-state index contributed by atoms with van der Waals surface area (Å²) in [4.78, 5) is 23.8. The van der Waals surface area contributed by atoms with E-state index in [-0.39, 0.29) is 11.8 Å². The second kappa shape index (κ2) is 7.28. The SMILES string of the molecule is COC(=O)[C@@H](CC(C)C)NC(=O)c1ccccc1Br. The maximum absolute atomic E-state index is 12.1. The Labute approximate surface area is 121 Å². The molecule has 0 aliphatic heterocycles. The van der Waals surface area contributed by atoms with Crippen LogP contribution in [0.4, 0.5) is 0 Å². The van der Waals surface area contributed by atoms with E-state index >= 15 is 0 Å². The lowest BCUT2D eigenvalue weighted by molar-refractivity contribution is -0.143. The van der Waals surface area contributed by atoms with Crippen LogP contribution in [-0.2, 0) is 9.53 Å². The van der Waals surface area contributed by atoms with Gasteiger partial charge >= 0.3 is 5.97 Å². The zero-order valence-electron chi connectivity index (χ0n) is 11.3. The molecule has 0 aliphatic carbocycles. The van der Waals surface area contributed by atoms with Gasteiger partial charge in [-0.05, 0) is 40.4 Å². The molecule has 0 bridgehead atoms. The highest BCUT2D eigenvalue weighted by Crippen LogP contribution is 2.16. The molecule has 5 heteroatoms. The quantitative estimate of drug-likeness (QED) is 0.846. The normalized spacial score (nSPS) is 12.1. The largest absolute Gasteiger partial charge is 0.467 e. The third kappa shape index (κ3) is 4.67. The van der Waals surface area contributed by atoms with Crippen molar-refractivity contribution >= 4 is 27.8 Å². The van der Waals surface area contributed by atoms with Crippen molar-refractivity contribution in [3.05, 3.63) is 34.3 Å². The fourth-order valence-corrected chi connectivity index (χ4v) is 2.17. The molecular weight excluding hydrogens is 310 g/mol. The summed E-state index contributed by atoms with van der Waals surface area (Å²) >= 11 is 3.31. The summed E-state index contributed by atoms with van der Waals surface area (Å²) in [7, 11) is 1.32. The maximum atomic E-state index is 12.1. The Kier molecular flexibility index (Phi) is 6.02. The molecule has 0 unspecified atom stereocenters. The first-order valence-corrected chi connectivity index (χ1v) is 6.88. The van der Waals surface area contributed by atoms with Gasteiger partial charge in [-0.2, -0.15) is 0 Å². The van der Waals surface area contributed by atoms with Crippen molar-refractivity contribution in [2.45, 2.75) is 26.3 Å². The van der Waals surface area contributed by atoms with Crippen LogP contribution in [0.1, 0.15) is 30.6 Å². The van der Waals surface area contributed by atoms with E-state index < -0.39 is 12.0 Å². The van der Waals surface area contributed by atoms with Crippen molar-refractivity contribution in [2.24, 2.45) is 5.92 Å². The van der Waals surface area contributed by atoms with E-state index in [1.807, 2.05) is 19.9 Å². The van der Waals surface area contributed by atoms with E-state index in [9.17, 15) is 9.59 Å². The number of rotatable bonds is 5. The predicted molar refractivity (Wildman–Crippen MR) is 76.9 cm³/mol. The molecule has 0 fully saturated rings. The first-order chi connectivity index (χ1) is 8.95. The van der Waals surface area contributed by atoms with Gasteiger partial charge in [-0.25, -0.2) is 4.79 Å². The molecule has 1 aromatic carbocycles. The fourth-order valence-electron chi connectivity index (χ4n) is 1.71. The molecule has 0 aromatic heterocycles. The fraction of sp³-hybridized carbons (Fsp3) is 0.429. The smallest absolute Gasteiger partial charge is 0.328 e. The van der Waals surface area contributed by atoms with Crippen molar-refractivity contribution in [3.8, 4) is 0 Å². The molecule has 19 heavy (non-hydrogen) atoms. The molecule has 4 nitrogen and oxygen atoms in total. The number of ether oxygens (including phenoxy) is 1. The summed E-state index contributed by atoms with van der Waals surface area (Å²) in [6, 6.07) is 6.46. The molecule has 0 saturated heterocycles. The number of nitrogens with one attached hydrogen (secondary N) is 1. The number of methoxy groups -OCH3 is 1. The summed E-state index contributed by atoms with van der Waals surface area (Å²) in [5.74, 6) is -0.429. The molecule has 0 radical (unpaired) electrons. The summed E-state index contributed by atoms with van der Waals surface area (Å²) in [6.07, 6.45) is 0.545. The second-order valence-corrected chi connectivity index (χ2v) is 5.51. The highest BCUT2D eigenvalue weighted by molar-refractivity contribution is 9.10. The van der Waals surface area contributed by atoms with Crippen LogP contribution in [0.25, 0.3) is 0 Å². The third-order valence-electron chi connectivity index (χ3n) is 2.62. The molecule has 0 spiro atoms. The summed E-state index contributed by atoms with van der Waals surface area (Å²) in [5.41, 5.74) is 0.500. The molecule has 0 aliphatic rings. The first-order valence-electron chi connectivity index (χ1n) is 6.09. The van der Waals surface area contributed by atoms with Gasteiger partial charge in [0.25, 0.3) is 5.91 Å². The summed E-state index contributed by atoms with van der Waals surface area (Å²) in [5, 5.41) is 2.71. The summed E-state index contributed by atoms with van der Waals surface area (Å²) < 4.78 is 5.41. The van der Waals surface area contributed by atoms with Crippen molar-refractivity contribution in [2.75, 3.05) is 7.11 Å². The van der Waals surface area contributed by atoms with Gasteiger partial charge in [-0.15, -0.1) is 0 Å². The van der Waals surface area contributed by atoms with Crippen LogP contribution in [0.5, 0.6) is 0 Å². The molecule has 1 aromatic rings. The third-order valence-corrected chi connectivity index (χ3v) is 3.31. The second-order valence-electron chi connectivity index (χ2n) is 4.66. The van der Waals surface area contributed by atoms with Crippen molar-refractivity contribution in [3.63, 3.8) is 0 Å². The van der Waals surface area contributed by atoms with Crippen LogP contribution in [0.15, 0.2) is 28.7 Å². The lowest BCUT2D eigenvalue weighted by Gasteiger charge is -2.18. The van der Waals surface area contributed by atoms with Crippen LogP contribution in [0.3, 0.4) is 0 Å². The summed E-state index contributed by atoms with van der Waals surface area (Å²) in [6.45, 7) is 3.97. The van der Waals surface area contributed by atoms with Gasteiger partial charge in [-0.3, -0.25) is 4.79 Å². The molecule has 0 heterocycles. The maximum Gasteiger partial charge on any atom is 0.328 e. The van der Waals surface area contributed by atoms with E-state index in [0.29, 0.717) is 16.5 Å².